The molecular weight excluding hydrogens is 368 g/mol. The molecule has 0 radical (unpaired) electrons. The molecule has 1 aromatic heterocycles. The van der Waals surface area contributed by atoms with Crippen LogP contribution in [0, 0.1) is 6.92 Å². The Morgan fingerprint density at radius 1 is 0.897 bits per heavy atom. The highest BCUT2D eigenvalue weighted by Gasteiger charge is 2.36. The maximum absolute atomic E-state index is 12.9. The molecule has 3 aromatic rings. The minimum Gasteiger partial charge on any atom is -0.273 e. The zero-order valence-corrected chi connectivity index (χ0v) is 15.5. The summed E-state index contributed by atoms with van der Waals surface area (Å²) in [6.07, 6.45) is 4.42. The lowest BCUT2D eigenvalue weighted by molar-refractivity contribution is -0.122. The topological polar surface area (TPSA) is 92.3 Å². The van der Waals surface area contributed by atoms with E-state index in [0.29, 0.717) is 17.1 Å². The molecule has 0 bridgehead atoms. The highest BCUT2D eigenvalue weighted by molar-refractivity contribution is 6.39. The molecule has 7 nitrogen and oxygen atoms in total. The SMILES string of the molecule is Cc1ccc(N2C(=O)NC(=O)/C(=C/c3cnc(-c4ccccc4)nc3)C2=O)cc1. The van der Waals surface area contributed by atoms with E-state index in [1.54, 1.807) is 24.3 Å². The van der Waals surface area contributed by atoms with Gasteiger partial charge in [-0.2, -0.15) is 0 Å². The summed E-state index contributed by atoms with van der Waals surface area (Å²) in [5, 5.41) is 2.20. The van der Waals surface area contributed by atoms with E-state index in [-0.39, 0.29) is 5.57 Å². The number of hydrogen-bond acceptors (Lipinski definition) is 5. The predicted octanol–water partition coefficient (Wildman–Crippen LogP) is 3.12. The number of carbonyl (C=O) groups excluding carboxylic acids is 3. The number of carbonyl (C=O) groups is 3. The van der Waals surface area contributed by atoms with Gasteiger partial charge in [-0.1, -0.05) is 48.0 Å². The van der Waals surface area contributed by atoms with Crippen molar-refractivity contribution >= 4 is 29.6 Å². The van der Waals surface area contributed by atoms with Crippen LogP contribution in [0.5, 0.6) is 0 Å². The minimum atomic E-state index is -0.781. The van der Waals surface area contributed by atoms with Crippen molar-refractivity contribution in [1.29, 1.82) is 0 Å². The number of urea groups is 1. The molecular formula is C22H16N4O3. The maximum atomic E-state index is 12.9. The number of benzene rings is 2. The smallest absolute Gasteiger partial charge is 0.273 e. The molecule has 4 rings (SSSR count). The van der Waals surface area contributed by atoms with Gasteiger partial charge in [0, 0.05) is 23.5 Å². The van der Waals surface area contributed by atoms with Crippen LogP contribution in [0.1, 0.15) is 11.1 Å². The summed E-state index contributed by atoms with van der Waals surface area (Å²) in [5.41, 5.74) is 2.53. The van der Waals surface area contributed by atoms with E-state index >= 15 is 0 Å². The number of amides is 4. The fourth-order valence-electron chi connectivity index (χ4n) is 2.90. The first-order valence-electron chi connectivity index (χ1n) is 8.88. The number of barbiturate groups is 1. The molecule has 2 aromatic carbocycles. The Hall–Kier alpha value is -4.13. The van der Waals surface area contributed by atoms with Crippen molar-refractivity contribution < 1.29 is 14.4 Å². The fourth-order valence-corrected chi connectivity index (χ4v) is 2.90. The Kier molecular flexibility index (Phi) is 4.70. The first kappa shape index (κ1) is 18.2. The number of nitrogens with zero attached hydrogens (tertiary/aromatic N) is 3. The molecule has 0 saturated carbocycles. The van der Waals surface area contributed by atoms with E-state index in [1.807, 2.05) is 37.3 Å². The maximum Gasteiger partial charge on any atom is 0.335 e. The lowest BCUT2D eigenvalue weighted by atomic mass is 10.1. The second-order valence-corrected chi connectivity index (χ2v) is 6.50. The molecule has 1 N–H and O–H groups in total. The quantitative estimate of drug-likeness (QED) is 0.553. The van der Waals surface area contributed by atoms with Crippen molar-refractivity contribution in [3.8, 4) is 11.4 Å². The van der Waals surface area contributed by atoms with Gasteiger partial charge in [0.15, 0.2) is 5.82 Å². The van der Waals surface area contributed by atoms with Crippen LogP contribution in [0.15, 0.2) is 72.6 Å². The molecule has 7 heteroatoms. The predicted molar refractivity (Wildman–Crippen MR) is 108 cm³/mol. The third-order valence-corrected chi connectivity index (χ3v) is 4.41. The summed E-state index contributed by atoms with van der Waals surface area (Å²) in [6, 6.07) is 15.5. The molecule has 4 amide bonds. The first-order chi connectivity index (χ1) is 14.0. The van der Waals surface area contributed by atoms with Crippen LogP contribution in [-0.4, -0.2) is 27.8 Å². The van der Waals surface area contributed by atoms with Crippen molar-refractivity contribution in [2.45, 2.75) is 6.92 Å². The second-order valence-electron chi connectivity index (χ2n) is 6.50. The van der Waals surface area contributed by atoms with E-state index < -0.39 is 17.8 Å². The Morgan fingerprint density at radius 3 is 2.21 bits per heavy atom. The number of aryl methyl sites for hydroxylation is 1. The standard InChI is InChI=1S/C22H16N4O3/c1-14-7-9-17(10-8-14)26-21(28)18(20(27)25-22(26)29)11-15-12-23-19(24-13-15)16-5-3-2-4-6-16/h2-13H,1H3,(H,25,27,29)/b18-11-. The van der Waals surface area contributed by atoms with Crippen LogP contribution in [0.3, 0.4) is 0 Å². The average molecular weight is 384 g/mol. The van der Waals surface area contributed by atoms with Crippen molar-refractivity contribution in [2.24, 2.45) is 0 Å². The van der Waals surface area contributed by atoms with Crippen LogP contribution in [0.25, 0.3) is 17.5 Å². The highest BCUT2D eigenvalue weighted by atomic mass is 16.2. The fraction of sp³-hybridized carbons (Fsp3) is 0.0455. The van der Waals surface area contributed by atoms with Crippen molar-refractivity contribution in [3.05, 3.63) is 83.7 Å². The average Bonchev–Trinajstić information content (AvgIpc) is 2.73. The summed E-state index contributed by atoms with van der Waals surface area (Å²) in [6.45, 7) is 1.90. The molecule has 2 heterocycles. The molecule has 1 aliphatic heterocycles. The van der Waals surface area contributed by atoms with Gasteiger partial charge >= 0.3 is 6.03 Å². The largest absolute Gasteiger partial charge is 0.335 e. The zero-order valence-electron chi connectivity index (χ0n) is 15.5. The minimum absolute atomic E-state index is 0.166. The first-order valence-corrected chi connectivity index (χ1v) is 8.88. The summed E-state index contributed by atoms with van der Waals surface area (Å²) >= 11 is 0. The zero-order chi connectivity index (χ0) is 20.4. The highest BCUT2D eigenvalue weighted by Crippen LogP contribution is 2.22. The molecule has 142 valence electrons. The number of anilines is 1. The molecule has 1 fully saturated rings. The van der Waals surface area contributed by atoms with Gasteiger partial charge in [-0.15, -0.1) is 0 Å². The molecule has 0 atom stereocenters. The lowest BCUT2D eigenvalue weighted by Gasteiger charge is -2.26. The van der Waals surface area contributed by atoms with Gasteiger partial charge in [-0.3, -0.25) is 14.9 Å². The lowest BCUT2D eigenvalue weighted by Crippen LogP contribution is -2.54. The van der Waals surface area contributed by atoms with Gasteiger partial charge in [-0.05, 0) is 25.1 Å². The van der Waals surface area contributed by atoms with Crippen LogP contribution in [0.4, 0.5) is 10.5 Å². The number of imide groups is 2. The molecule has 29 heavy (non-hydrogen) atoms. The van der Waals surface area contributed by atoms with Crippen molar-refractivity contribution in [3.63, 3.8) is 0 Å². The second kappa shape index (κ2) is 7.47. The third-order valence-electron chi connectivity index (χ3n) is 4.41. The van der Waals surface area contributed by atoms with E-state index in [4.69, 9.17) is 0 Å². The Bertz CT molecular complexity index is 1120. The summed E-state index contributed by atoms with van der Waals surface area (Å²) in [5.74, 6) is -0.922. The summed E-state index contributed by atoms with van der Waals surface area (Å²) in [7, 11) is 0. The van der Waals surface area contributed by atoms with Crippen LogP contribution in [-0.2, 0) is 9.59 Å². The van der Waals surface area contributed by atoms with E-state index in [9.17, 15) is 14.4 Å². The van der Waals surface area contributed by atoms with Crippen LogP contribution >= 0.6 is 0 Å². The molecule has 0 aliphatic carbocycles. The van der Waals surface area contributed by atoms with Crippen molar-refractivity contribution in [1.82, 2.24) is 15.3 Å². The molecule has 0 unspecified atom stereocenters. The Morgan fingerprint density at radius 2 is 1.55 bits per heavy atom. The number of aromatic nitrogens is 2. The number of rotatable bonds is 3. The van der Waals surface area contributed by atoms with E-state index in [2.05, 4.69) is 15.3 Å². The normalized spacial score (nSPS) is 15.6. The van der Waals surface area contributed by atoms with E-state index in [0.717, 1.165) is 16.0 Å². The van der Waals surface area contributed by atoms with Crippen LogP contribution in [0.2, 0.25) is 0 Å². The van der Waals surface area contributed by atoms with Gasteiger partial charge < -0.3 is 0 Å². The summed E-state index contributed by atoms with van der Waals surface area (Å²) in [4.78, 5) is 46.8. The van der Waals surface area contributed by atoms with Crippen molar-refractivity contribution in [2.75, 3.05) is 4.90 Å². The monoisotopic (exact) mass is 384 g/mol. The number of hydrogen-bond donors (Lipinski definition) is 1. The van der Waals surface area contributed by atoms with Crippen LogP contribution < -0.4 is 10.2 Å². The van der Waals surface area contributed by atoms with Gasteiger partial charge in [0.05, 0.1) is 5.69 Å². The van der Waals surface area contributed by atoms with Gasteiger partial charge in [0.2, 0.25) is 0 Å². The Balaban J connectivity index is 1.65. The van der Waals surface area contributed by atoms with Gasteiger partial charge in [0.1, 0.15) is 5.57 Å². The van der Waals surface area contributed by atoms with E-state index in [1.165, 1.54) is 18.5 Å². The van der Waals surface area contributed by atoms with Gasteiger partial charge in [-0.25, -0.2) is 19.7 Å². The molecule has 0 spiro atoms. The molecule has 1 aliphatic rings. The molecule has 1 saturated heterocycles. The third kappa shape index (κ3) is 3.66. The Labute approximate surface area is 166 Å². The van der Waals surface area contributed by atoms with Gasteiger partial charge in [0.25, 0.3) is 11.8 Å². The number of nitrogens with one attached hydrogen (secondary N) is 1. The summed E-state index contributed by atoms with van der Waals surface area (Å²) < 4.78 is 0.